The van der Waals surface area contributed by atoms with Crippen LogP contribution in [-0.2, 0) is 19.2 Å². The Kier molecular flexibility index (Phi) is 21.0. The summed E-state index contributed by atoms with van der Waals surface area (Å²) in [5.74, 6) is -5.75. The summed E-state index contributed by atoms with van der Waals surface area (Å²) in [5, 5.41) is 57.6. The summed E-state index contributed by atoms with van der Waals surface area (Å²) in [6, 6.07) is 1.86. The van der Waals surface area contributed by atoms with Crippen molar-refractivity contribution in [2.75, 3.05) is 79.1 Å². The van der Waals surface area contributed by atoms with Crippen LogP contribution in [0.3, 0.4) is 0 Å². The van der Waals surface area contributed by atoms with Crippen molar-refractivity contribution < 1.29 is 49.3 Å². The van der Waals surface area contributed by atoms with Gasteiger partial charge in [0, 0.05) is 89.7 Å². The van der Waals surface area contributed by atoms with Crippen LogP contribution in [0.1, 0.15) is 11.6 Å². The molecule has 1 aliphatic heterocycles. The number of nitro groups is 1. The zero-order valence-electron chi connectivity index (χ0n) is 25.3. The second kappa shape index (κ2) is 20.8. The molecule has 0 saturated carbocycles. The zero-order chi connectivity index (χ0) is 29.1. The quantitative estimate of drug-likeness (QED) is 0.133. The maximum Gasteiger partial charge on any atom is 0.270 e. The fraction of sp³-hybridized carbons (Fsp3) is 0.565. The number of carbonyl (C=O) groups is 4. The predicted molar refractivity (Wildman–Crippen MR) is 147 cm³/mol. The largest absolute Gasteiger partial charge is 0.549 e. The summed E-state index contributed by atoms with van der Waals surface area (Å²) in [7, 11) is 1.26. The number of carboxylic acid groups (broad SMARTS) is 4. The van der Waals surface area contributed by atoms with Gasteiger partial charge in [-0.25, -0.2) is 0 Å². The first-order valence-corrected chi connectivity index (χ1v) is 11.9. The number of quaternary nitrogens is 4. The lowest BCUT2D eigenvalue weighted by Gasteiger charge is -2.38. The maximum absolute atomic E-state index is 12.4. The average Bonchev–Trinajstić information content (AvgIpc) is 2.84. The van der Waals surface area contributed by atoms with Gasteiger partial charge < -0.3 is 68.9 Å². The van der Waals surface area contributed by atoms with Crippen LogP contribution in [0.5, 0.6) is 5.75 Å². The van der Waals surface area contributed by atoms with Crippen LogP contribution in [0, 0.1) is 10.1 Å². The van der Waals surface area contributed by atoms with Gasteiger partial charge in [0.2, 0.25) is 0 Å². The number of non-ortho nitro benzene ring substituents is 1. The van der Waals surface area contributed by atoms with Crippen LogP contribution >= 0.6 is 0 Å². The Hall–Kier alpha value is -4.02. The number of hydrogen-bond acceptors (Lipinski definition) is 15. The molecule has 1 aromatic rings. The molecule has 1 aromatic carbocycles. The van der Waals surface area contributed by atoms with Crippen molar-refractivity contribution in [1.29, 1.82) is 0 Å². The molecule has 0 amide bonds. The molecular formula is C23H45N9O11. The van der Waals surface area contributed by atoms with Gasteiger partial charge in [0.25, 0.3) is 5.69 Å². The molecule has 20 nitrogen and oxygen atoms in total. The normalized spacial score (nSPS) is 16.2. The Bertz CT molecular complexity index is 1030. The van der Waals surface area contributed by atoms with E-state index in [1.54, 1.807) is 0 Å². The first kappa shape index (κ1) is 43.4. The molecule has 248 valence electrons. The third-order valence-corrected chi connectivity index (χ3v) is 6.24. The van der Waals surface area contributed by atoms with Crippen molar-refractivity contribution in [3.05, 3.63) is 33.9 Å². The third-order valence-electron chi connectivity index (χ3n) is 6.24. The molecular weight excluding hydrogens is 578 g/mol. The smallest absolute Gasteiger partial charge is 0.270 e. The number of rotatable bonds is 11. The number of ether oxygens (including phenoxy) is 1. The van der Waals surface area contributed by atoms with E-state index in [0.29, 0.717) is 0 Å². The lowest BCUT2D eigenvalue weighted by molar-refractivity contribution is -0.385. The molecule has 0 bridgehead atoms. The minimum Gasteiger partial charge on any atom is -0.549 e. The van der Waals surface area contributed by atoms with Crippen LogP contribution in [0.4, 0.5) is 5.69 Å². The Morgan fingerprint density at radius 2 is 1.12 bits per heavy atom. The van der Waals surface area contributed by atoms with Gasteiger partial charge in [-0.3, -0.25) is 29.7 Å². The highest BCUT2D eigenvalue weighted by Crippen LogP contribution is 2.32. The van der Waals surface area contributed by atoms with Crippen molar-refractivity contribution in [3.8, 4) is 5.75 Å². The number of carbonyl (C=O) groups excluding carboxylic acids is 4. The highest BCUT2D eigenvalue weighted by molar-refractivity contribution is 5.75. The van der Waals surface area contributed by atoms with Crippen molar-refractivity contribution in [1.82, 2.24) is 44.2 Å². The minimum atomic E-state index is -1.61. The molecule has 1 unspecified atom stereocenters. The SMILES string of the molecule is COc1ccc([N+](=O)[O-])cc1C(C(=O)[O-])N1CCN(CC(=O)[O-])CCN(CC(=O)[O-])CCN(CC(=O)[O-])CC1.[NH4+].[NH4+].[NH4+].[NH4+]. The predicted octanol–water partition coefficient (Wildman–Crippen LogP) is -4.63. The van der Waals surface area contributed by atoms with E-state index < -0.39 is 60.2 Å². The van der Waals surface area contributed by atoms with E-state index >= 15 is 0 Å². The number of nitrogens with zero attached hydrogens (tertiary/aromatic N) is 5. The number of hydrogen-bond donors (Lipinski definition) is 4. The zero-order valence-corrected chi connectivity index (χ0v) is 25.3. The maximum atomic E-state index is 12.4. The number of nitro benzene ring substituents is 1. The van der Waals surface area contributed by atoms with Crippen molar-refractivity contribution in [2.45, 2.75) is 6.04 Å². The number of benzene rings is 1. The summed E-state index contributed by atoms with van der Waals surface area (Å²) >= 11 is 0. The van der Waals surface area contributed by atoms with Gasteiger partial charge in [-0.1, -0.05) is 0 Å². The molecule has 20 heteroatoms. The number of methoxy groups -OCH3 is 1. The molecule has 1 fully saturated rings. The molecule has 43 heavy (non-hydrogen) atoms. The topological polar surface area (TPSA) is 372 Å². The van der Waals surface area contributed by atoms with Crippen LogP contribution < -0.4 is 49.8 Å². The van der Waals surface area contributed by atoms with Gasteiger partial charge in [-0.15, -0.1) is 0 Å². The molecule has 1 saturated heterocycles. The second-order valence-electron chi connectivity index (χ2n) is 8.89. The minimum absolute atomic E-state index is 0. The van der Waals surface area contributed by atoms with E-state index in [2.05, 4.69) is 0 Å². The first-order valence-electron chi connectivity index (χ1n) is 11.9. The van der Waals surface area contributed by atoms with E-state index in [1.807, 2.05) is 0 Å². The molecule has 0 spiro atoms. The molecule has 0 radical (unpaired) electrons. The van der Waals surface area contributed by atoms with E-state index in [0.717, 1.165) is 12.1 Å². The Morgan fingerprint density at radius 1 is 0.744 bits per heavy atom. The van der Waals surface area contributed by atoms with Crippen molar-refractivity contribution in [2.24, 2.45) is 0 Å². The van der Waals surface area contributed by atoms with Crippen LogP contribution in [0.15, 0.2) is 18.2 Å². The van der Waals surface area contributed by atoms with Gasteiger partial charge in [-0.05, 0) is 6.07 Å². The summed E-state index contributed by atoms with van der Waals surface area (Å²) in [5.41, 5.74) is -0.464. The molecule has 0 aliphatic carbocycles. The van der Waals surface area contributed by atoms with Gasteiger partial charge in [-0.2, -0.15) is 0 Å². The fourth-order valence-electron chi connectivity index (χ4n) is 4.35. The fourth-order valence-corrected chi connectivity index (χ4v) is 4.35. The van der Waals surface area contributed by atoms with E-state index in [1.165, 1.54) is 32.8 Å². The average molecular weight is 624 g/mol. The Balaban J connectivity index is -0.00000400. The Labute approximate surface area is 248 Å². The van der Waals surface area contributed by atoms with E-state index in [-0.39, 0.29) is 88.3 Å². The summed E-state index contributed by atoms with van der Waals surface area (Å²) in [4.78, 5) is 62.7. The van der Waals surface area contributed by atoms with Crippen molar-refractivity contribution >= 4 is 29.6 Å². The van der Waals surface area contributed by atoms with Crippen LogP contribution in [-0.4, -0.2) is 128 Å². The molecule has 2 rings (SSSR count). The van der Waals surface area contributed by atoms with Gasteiger partial charge in [0.1, 0.15) is 5.75 Å². The highest BCUT2D eigenvalue weighted by Gasteiger charge is 2.28. The molecule has 1 atom stereocenters. The summed E-state index contributed by atoms with van der Waals surface area (Å²) in [6.07, 6.45) is 0. The van der Waals surface area contributed by atoms with Crippen LogP contribution in [0.2, 0.25) is 0 Å². The lowest BCUT2D eigenvalue weighted by Crippen LogP contribution is -2.52. The van der Waals surface area contributed by atoms with Gasteiger partial charge in [0.15, 0.2) is 0 Å². The van der Waals surface area contributed by atoms with Crippen LogP contribution in [0.25, 0.3) is 0 Å². The monoisotopic (exact) mass is 623 g/mol. The second-order valence-corrected chi connectivity index (χ2v) is 8.89. The third kappa shape index (κ3) is 14.1. The highest BCUT2D eigenvalue weighted by atomic mass is 16.6. The Morgan fingerprint density at radius 3 is 1.42 bits per heavy atom. The van der Waals surface area contributed by atoms with E-state index in [4.69, 9.17) is 4.74 Å². The van der Waals surface area contributed by atoms with Gasteiger partial charge in [0.05, 0.1) is 42.0 Å². The molecule has 16 N–H and O–H groups in total. The number of carboxylic acids is 4. The summed E-state index contributed by atoms with van der Waals surface area (Å²) < 4.78 is 5.24. The number of aliphatic carboxylic acids is 4. The molecule has 0 aromatic heterocycles. The van der Waals surface area contributed by atoms with Gasteiger partial charge >= 0.3 is 0 Å². The first-order chi connectivity index (χ1) is 18.4. The van der Waals surface area contributed by atoms with E-state index in [9.17, 15) is 49.7 Å². The standard InChI is InChI=1S/C23H33N5O11.4H3N/c1-39-18-3-2-16(28(37)38)12-17(18)22(23(35)36)27-10-8-25(14-20(31)32)6-4-24(13-19(29)30)5-7-26(9-11-27)15-21(33)34;;;;/h2-3,12,22H,4-11,13-15H2,1H3,(H,29,30)(H,31,32)(H,33,34)(H,35,36);4*1H3. The summed E-state index contributed by atoms with van der Waals surface area (Å²) in [6.45, 7) is -1.44. The molecule has 1 aliphatic rings. The van der Waals surface area contributed by atoms with Crippen molar-refractivity contribution in [3.63, 3.8) is 0 Å². The molecule has 1 heterocycles. The lowest BCUT2D eigenvalue weighted by atomic mass is 10.0.